The van der Waals surface area contributed by atoms with Crippen molar-refractivity contribution in [3.63, 3.8) is 0 Å². The Balaban J connectivity index is 1.48. The summed E-state index contributed by atoms with van der Waals surface area (Å²) >= 11 is 0. The van der Waals surface area contributed by atoms with Crippen LogP contribution in [0.3, 0.4) is 0 Å². The van der Waals surface area contributed by atoms with Crippen LogP contribution in [-0.2, 0) is 0 Å². The third-order valence-electron chi connectivity index (χ3n) is 5.45. The molecular weight excluding hydrogens is 388 g/mol. The molecular formula is C25H33N4O2+. The maximum Gasteiger partial charge on any atom is 0.359 e. The molecule has 31 heavy (non-hydrogen) atoms. The molecule has 0 spiro atoms. The first kappa shape index (κ1) is 22.6. The van der Waals surface area contributed by atoms with E-state index in [0.29, 0.717) is 16.8 Å². The van der Waals surface area contributed by atoms with Gasteiger partial charge >= 0.3 is 6.03 Å². The van der Waals surface area contributed by atoms with Crippen molar-refractivity contribution in [2.24, 2.45) is 0 Å². The van der Waals surface area contributed by atoms with Crippen molar-refractivity contribution in [3.8, 4) is 22.9 Å². The molecule has 1 fully saturated rings. The Kier molecular flexibility index (Phi) is 7.19. The summed E-state index contributed by atoms with van der Waals surface area (Å²) < 4.78 is 6.57. The average molecular weight is 422 g/mol. The van der Waals surface area contributed by atoms with E-state index >= 15 is 0 Å². The van der Waals surface area contributed by atoms with Gasteiger partial charge in [0.1, 0.15) is 25.4 Å². The summed E-state index contributed by atoms with van der Waals surface area (Å²) in [6.07, 6.45) is 3.13. The fourth-order valence-electron chi connectivity index (χ4n) is 3.95. The summed E-state index contributed by atoms with van der Waals surface area (Å²) in [6, 6.07) is 17.6. The summed E-state index contributed by atoms with van der Waals surface area (Å²) in [5.41, 5.74) is 5.77. The molecule has 1 aliphatic heterocycles. The highest BCUT2D eigenvalue weighted by molar-refractivity contribution is 5.73. The zero-order valence-electron chi connectivity index (χ0n) is 18.8. The second-order valence-corrected chi connectivity index (χ2v) is 9.25. The van der Waals surface area contributed by atoms with E-state index in [-0.39, 0.29) is 11.6 Å². The first-order valence-corrected chi connectivity index (χ1v) is 11.0. The summed E-state index contributed by atoms with van der Waals surface area (Å²) in [6.45, 7) is 9.37. The number of hydrogen-bond acceptors (Lipinski definition) is 3. The Morgan fingerprint density at radius 3 is 2.16 bits per heavy atom. The minimum atomic E-state index is -0.249. The van der Waals surface area contributed by atoms with Crippen LogP contribution in [0.25, 0.3) is 11.1 Å². The van der Waals surface area contributed by atoms with E-state index < -0.39 is 0 Å². The molecule has 0 saturated carbocycles. The normalized spacial score (nSPS) is 15.2. The van der Waals surface area contributed by atoms with Gasteiger partial charge in [0.05, 0.1) is 18.2 Å². The van der Waals surface area contributed by atoms with Crippen molar-refractivity contribution in [1.82, 2.24) is 10.7 Å². The van der Waals surface area contributed by atoms with E-state index in [1.165, 1.54) is 0 Å². The monoisotopic (exact) mass is 421 g/mol. The third kappa shape index (κ3) is 6.73. The summed E-state index contributed by atoms with van der Waals surface area (Å²) in [5.74, 6) is 0.837. The van der Waals surface area contributed by atoms with Gasteiger partial charge in [-0.15, -0.1) is 0 Å². The second kappa shape index (κ2) is 9.84. The molecule has 0 atom stereocenters. The smallest absolute Gasteiger partial charge is 0.359 e. The quantitative estimate of drug-likeness (QED) is 0.506. The molecule has 2 amide bonds. The number of likely N-dealkylation sites (tertiary alicyclic amines) is 1. The lowest BCUT2D eigenvalue weighted by molar-refractivity contribution is -0.950. The predicted octanol–water partition coefficient (Wildman–Crippen LogP) is 4.62. The lowest BCUT2D eigenvalue weighted by Gasteiger charge is -2.34. The number of nitriles is 1. The number of quaternary nitrogens is 1. The van der Waals surface area contributed by atoms with Crippen LogP contribution in [0, 0.1) is 11.3 Å². The highest BCUT2D eigenvalue weighted by atomic mass is 16.5. The van der Waals surface area contributed by atoms with Crippen LogP contribution in [0.1, 0.15) is 45.6 Å². The predicted molar refractivity (Wildman–Crippen MR) is 122 cm³/mol. The van der Waals surface area contributed by atoms with Crippen LogP contribution in [0.2, 0.25) is 0 Å². The van der Waals surface area contributed by atoms with Gasteiger partial charge in [0, 0.05) is 24.8 Å². The van der Waals surface area contributed by atoms with Crippen LogP contribution in [0.4, 0.5) is 4.79 Å². The van der Waals surface area contributed by atoms with Crippen molar-refractivity contribution < 1.29 is 14.1 Å². The van der Waals surface area contributed by atoms with E-state index in [1.54, 1.807) is 0 Å². The number of carbonyl (C=O) groups is 1. The van der Waals surface area contributed by atoms with Crippen LogP contribution in [0.5, 0.6) is 5.75 Å². The molecule has 1 saturated heterocycles. The Hall–Kier alpha value is -3.04. The van der Waals surface area contributed by atoms with Crippen molar-refractivity contribution in [2.75, 3.05) is 26.2 Å². The van der Waals surface area contributed by atoms with Crippen molar-refractivity contribution in [1.29, 1.82) is 5.26 Å². The maximum atomic E-state index is 12.4. The van der Waals surface area contributed by atoms with Gasteiger partial charge in [-0.1, -0.05) is 24.3 Å². The SMILES string of the molecule is CC(C)(C)NC(=O)N[N+]1(CCCOc2ccc(-c3ccc(C#N)cc3)cc2)CCCC1. The highest BCUT2D eigenvalue weighted by Crippen LogP contribution is 2.23. The molecule has 3 rings (SSSR count). The molecule has 1 aliphatic rings. The molecule has 164 valence electrons. The third-order valence-corrected chi connectivity index (χ3v) is 5.45. The van der Waals surface area contributed by atoms with Gasteiger partial charge in [-0.25, -0.2) is 9.39 Å². The fraction of sp³-hybridized carbons (Fsp3) is 0.440. The molecule has 2 aromatic rings. The fourth-order valence-corrected chi connectivity index (χ4v) is 3.95. The first-order valence-electron chi connectivity index (χ1n) is 11.0. The standard InChI is InChI=1S/C25H32N4O2/c1-25(2,3)27-24(30)28-29(15-4-5-16-29)17-6-18-31-23-13-11-22(12-14-23)21-9-7-20(19-26)8-10-21/h7-14H,4-6,15-18H2,1-3H3,(H-,27,28,30)/p+1. The lowest BCUT2D eigenvalue weighted by Crippen LogP contribution is -2.63. The molecule has 0 aromatic heterocycles. The van der Waals surface area contributed by atoms with Gasteiger partial charge in [0.25, 0.3) is 0 Å². The largest absolute Gasteiger partial charge is 0.493 e. The van der Waals surface area contributed by atoms with Gasteiger partial charge < -0.3 is 10.1 Å². The first-order chi connectivity index (χ1) is 14.8. The number of nitrogens with one attached hydrogen (secondary N) is 2. The molecule has 0 bridgehead atoms. The molecule has 6 heteroatoms. The Labute approximate surface area is 185 Å². The van der Waals surface area contributed by atoms with Gasteiger partial charge in [0.15, 0.2) is 0 Å². The highest BCUT2D eigenvalue weighted by Gasteiger charge is 2.34. The number of nitrogens with zero attached hydrogens (tertiary/aromatic N) is 2. The summed E-state index contributed by atoms with van der Waals surface area (Å²) in [5, 5.41) is 11.9. The molecule has 0 radical (unpaired) electrons. The molecule has 2 aromatic carbocycles. The zero-order valence-corrected chi connectivity index (χ0v) is 18.8. The molecule has 0 aliphatic carbocycles. The number of hydrogen-bond donors (Lipinski definition) is 2. The van der Waals surface area contributed by atoms with Crippen LogP contribution >= 0.6 is 0 Å². The van der Waals surface area contributed by atoms with Crippen molar-refractivity contribution in [3.05, 3.63) is 54.1 Å². The van der Waals surface area contributed by atoms with E-state index in [4.69, 9.17) is 10.00 Å². The molecule has 0 unspecified atom stereocenters. The van der Waals surface area contributed by atoms with E-state index in [2.05, 4.69) is 16.8 Å². The van der Waals surface area contributed by atoms with Crippen molar-refractivity contribution >= 4 is 6.03 Å². The van der Waals surface area contributed by atoms with Gasteiger partial charge in [-0.2, -0.15) is 10.7 Å². The number of ether oxygens (including phenoxy) is 1. The summed E-state index contributed by atoms with van der Waals surface area (Å²) in [4.78, 5) is 12.4. The number of rotatable bonds is 7. The number of amides is 2. The number of urea groups is 1. The molecule has 6 nitrogen and oxygen atoms in total. The van der Waals surface area contributed by atoms with E-state index in [1.807, 2.05) is 69.3 Å². The van der Waals surface area contributed by atoms with Crippen LogP contribution in [0.15, 0.2) is 48.5 Å². The van der Waals surface area contributed by atoms with Crippen LogP contribution in [-0.4, -0.2) is 42.4 Å². The number of carbonyl (C=O) groups excluding carboxylic acids is 1. The molecule has 2 N–H and O–H groups in total. The maximum absolute atomic E-state index is 12.4. The lowest BCUT2D eigenvalue weighted by atomic mass is 10.0. The average Bonchev–Trinajstić information content (AvgIpc) is 3.18. The minimum Gasteiger partial charge on any atom is -0.493 e. The van der Waals surface area contributed by atoms with Gasteiger partial charge in [0.2, 0.25) is 0 Å². The topological polar surface area (TPSA) is 74.2 Å². The Morgan fingerprint density at radius 2 is 1.61 bits per heavy atom. The van der Waals surface area contributed by atoms with Crippen molar-refractivity contribution in [2.45, 2.75) is 45.6 Å². The second-order valence-electron chi connectivity index (χ2n) is 9.25. The minimum absolute atomic E-state index is 0.103. The summed E-state index contributed by atoms with van der Waals surface area (Å²) in [7, 11) is 0. The van der Waals surface area contributed by atoms with Gasteiger partial charge in [-0.3, -0.25) is 0 Å². The Bertz CT molecular complexity index is 903. The molecule has 1 heterocycles. The van der Waals surface area contributed by atoms with Crippen LogP contribution < -0.4 is 15.5 Å². The number of benzene rings is 2. The zero-order chi connectivity index (χ0) is 22.3. The van der Waals surface area contributed by atoms with E-state index in [0.717, 1.165) is 55.8 Å². The van der Waals surface area contributed by atoms with E-state index in [9.17, 15) is 4.79 Å². The Morgan fingerprint density at radius 1 is 1.03 bits per heavy atom. The van der Waals surface area contributed by atoms with Gasteiger partial charge in [-0.05, 0) is 56.2 Å².